The lowest BCUT2D eigenvalue weighted by Crippen LogP contribution is -2.15. The quantitative estimate of drug-likeness (QED) is 0.927. The molecule has 94 valence electrons. The van der Waals surface area contributed by atoms with Gasteiger partial charge >= 0.3 is 0 Å². The monoisotopic (exact) mass is 267 g/mol. The van der Waals surface area contributed by atoms with E-state index in [0.717, 1.165) is 0 Å². The van der Waals surface area contributed by atoms with Crippen molar-refractivity contribution in [2.24, 2.45) is 5.73 Å². The lowest BCUT2D eigenvalue weighted by molar-refractivity contribution is 0.387. The van der Waals surface area contributed by atoms with Crippen LogP contribution in [0.25, 0.3) is 0 Å². The number of hydrogen-bond donors (Lipinski definition) is 1. The third-order valence-corrected chi connectivity index (χ3v) is 2.79. The largest absolute Gasteiger partial charge is 0.480 e. The van der Waals surface area contributed by atoms with Gasteiger partial charge in [0.25, 0.3) is 0 Å². The average molecular weight is 268 g/mol. The highest BCUT2D eigenvalue weighted by molar-refractivity contribution is 6.30. The van der Waals surface area contributed by atoms with Crippen molar-refractivity contribution in [2.75, 3.05) is 7.11 Å². The van der Waals surface area contributed by atoms with Gasteiger partial charge in [-0.05, 0) is 17.7 Å². The van der Waals surface area contributed by atoms with Crippen molar-refractivity contribution >= 4 is 11.6 Å². The van der Waals surface area contributed by atoms with Gasteiger partial charge in [0.2, 0.25) is 5.88 Å². The molecule has 0 amide bonds. The van der Waals surface area contributed by atoms with E-state index in [1.807, 2.05) is 0 Å². The van der Waals surface area contributed by atoms with Gasteiger partial charge in [0, 0.05) is 12.4 Å². The zero-order valence-corrected chi connectivity index (χ0v) is 10.4. The minimum absolute atomic E-state index is 0.0528. The van der Waals surface area contributed by atoms with Crippen LogP contribution in [0.1, 0.15) is 17.3 Å². The summed E-state index contributed by atoms with van der Waals surface area (Å²) in [6, 6.07) is 3.75. The van der Waals surface area contributed by atoms with Gasteiger partial charge < -0.3 is 10.5 Å². The zero-order valence-electron chi connectivity index (χ0n) is 9.60. The highest BCUT2D eigenvalue weighted by Gasteiger charge is 2.17. The Hall–Kier alpha value is -1.72. The standard InChI is InChI=1S/C12H11ClFN3O/c1-18-12-11(16-4-5-17-12)10(15)7-2-3-8(13)9(14)6-7/h2-6,10H,15H2,1H3. The Bertz CT molecular complexity index is 565. The molecule has 0 aliphatic rings. The van der Waals surface area contributed by atoms with E-state index < -0.39 is 11.9 Å². The number of halogens is 2. The fourth-order valence-electron chi connectivity index (χ4n) is 1.57. The summed E-state index contributed by atoms with van der Waals surface area (Å²) in [6.45, 7) is 0. The number of benzene rings is 1. The lowest BCUT2D eigenvalue weighted by atomic mass is 10.0. The molecular weight excluding hydrogens is 257 g/mol. The molecule has 0 radical (unpaired) electrons. The Morgan fingerprint density at radius 1 is 1.33 bits per heavy atom. The first-order valence-corrected chi connectivity index (χ1v) is 5.56. The number of aromatic nitrogens is 2. The van der Waals surface area contributed by atoms with E-state index in [1.54, 1.807) is 6.07 Å². The third kappa shape index (κ3) is 2.42. The summed E-state index contributed by atoms with van der Waals surface area (Å²) >= 11 is 5.62. The van der Waals surface area contributed by atoms with Crippen LogP contribution < -0.4 is 10.5 Å². The van der Waals surface area contributed by atoms with Crippen molar-refractivity contribution in [2.45, 2.75) is 6.04 Å². The van der Waals surface area contributed by atoms with Crippen LogP contribution in [0.4, 0.5) is 4.39 Å². The summed E-state index contributed by atoms with van der Waals surface area (Å²) in [6.07, 6.45) is 3.00. The van der Waals surface area contributed by atoms with Crippen LogP contribution in [0.5, 0.6) is 5.88 Å². The molecular formula is C12H11ClFN3O. The maximum absolute atomic E-state index is 13.4. The molecule has 2 N–H and O–H groups in total. The Morgan fingerprint density at radius 2 is 2.06 bits per heavy atom. The molecule has 0 bridgehead atoms. The summed E-state index contributed by atoms with van der Waals surface area (Å²) in [5, 5.41) is 0.0528. The molecule has 1 aromatic heterocycles. The Labute approximate surface area is 109 Å². The second-order valence-corrected chi connectivity index (χ2v) is 4.01. The SMILES string of the molecule is COc1nccnc1C(N)c1ccc(Cl)c(F)c1. The van der Waals surface area contributed by atoms with Crippen LogP contribution in [0, 0.1) is 5.82 Å². The van der Waals surface area contributed by atoms with Gasteiger partial charge in [0.1, 0.15) is 11.5 Å². The molecule has 0 saturated heterocycles. The van der Waals surface area contributed by atoms with Crippen molar-refractivity contribution in [1.82, 2.24) is 9.97 Å². The minimum Gasteiger partial charge on any atom is -0.480 e. The topological polar surface area (TPSA) is 61.0 Å². The van der Waals surface area contributed by atoms with Crippen LogP contribution in [-0.4, -0.2) is 17.1 Å². The predicted octanol–water partition coefficient (Wildman–Crippen LogP) is 2.33. The molecule has 0 saturated carbocycles. The van der Waals surface area contributed by atoms with Gasteiger partial charge in [-0.1, -0.05) is 17.7 Å². The second kappa shape index (κ2) is 5.29. The van der Waals surface area contributed by atoms with Crippen molar-refractivity contribution in [3.8, 4) is 5.88 Å². The Kier molecular flexibility index (Phi) is 3.74. The lowest BCUT2D eigenvalue weighted by Gasteiger charge is -2.14. The summed E-state index contributed by atoms with van der Waals surface area (Å²) in [5.41, 5.74) is 7.02. The number of nitrogens with two attached hydrogens (primary N) is 1. The third-order valence-electron chi connectivity index (χ3n) is 2.48. The van der Waals surface area contributed by atoms with Crippen molar-refractivity contribution in [3.05, 3.63) is 52.7 Å². The molecule has 0 aliphatic heterocycles. The first kappa shape index (κ1) is 12.7. The maximum Gasteiger partial charge on any atom is 0.237 e. The van der Waals surface area contributed by atoms with E-state index in [9.17, 15) is 4.39 Å². The molecule has 2 rings (SSSR count). The van der Waals surface area contributed by atoms with Crippen LogP contribution in [0.2, 0.25) is 5.02 Å². The van der Waals surface area contributed by atoms with Crippen LogP contribution >= 0.6 is 11.6 Å². The van der Waals surface area contributed by atoms with E-state index >= 15 is 0 Å². The van der Waals surface area contributed by atoms with Gasteiger partial charge in [0.05, 0.1) is 18.2 Å². The van der Waals surface area contributed by atoms with Crippen LogP contribution in [0.3, 0.4) is 0 Å². The first-order valence-electron chi connectivity index (χ1n) is 5.19. The van der Waals surface area contributed by atoms with Gasteiger partial charge in [0.15, 0.2) is 0 Å². The molecule has 1 aromatic carbocycles. The number of hydrogen-bond acceptors (Lipinski definition) is 4. The van der Waals surface area contributed by atoms with Crippen molar-refractivity contribution in [3.63, 3.8) is 0 Å². The summed E-state index contributed by atoms with van der Waals surface area (Å²) in [4.78, 5) is 8.11. The van der Waals surface area contributed by atoms with Crippen LogP contribution in [-0.2, 0) is 0 Å². The first-order chi connectivity index (χ1) is 8.63. The number of methoxy groups -OCH3 is 1. The normalized spacial score (nSPS) is 12.2. The van der Waals surface area contributed by atoms with E-state index in [1.165, 1.54) is 31.6 Å². The average Bonchev–Trinajstić information content (AvgIpc) is 2.41. The van der Waals surface area contributed by atoms with E-state index in [-0.39, 0.29) is 5.02 Å². The van der Waals surface area contributed by atoms with Gasteiger partial charge in [-0.25, -0.2) is 9.37 Å². The maximum atomic E-state index is 13.4. The summed E-state index contributed by atoms with van der Waals surface area (Å²) in [5.74, 6) is -0.201. The van der Waals surface area contributed by atoms with E-state index in [4.69, 9.17) is 22.1 Å². The number of rotatable bonds is 3. The molecule has 6 heteroatoms. The number of nitrogens with zero attached hydrogens (tertiary/aromatic N) is 2. The molecule has 0 fully saturated rings. The second-order valence-electron chi connectivity index (χ2n) is 3.60. The molecule has 1 heterocycles. The fourth-order valence-corrected chi connectivity index (χ4v) is 1.69. The van der Waals surface area contributed by atoms with Crippen LogP contribution in [0.15, 0.2) is 30.6 Å². The van der Waals surface area contributed by atoms with E-state index in [0.29, 0.717) is 17.1 Å². The zero-order chi connectivity index (χ0) is 13.1. The Morgan fingerprint density at radius 3 is 2.72 bits per heavy atom. The highest BCUT2D eigenvalue weighted by Crippen LogP contribution is 2.26. The smallest absolute Gasteiger partial charge is 0.237 e. The van der Waals surface area contributed by atoms with Gasteiger partial charge in [-0.2, -0.15) is 0 Å². The summed E-state index contributed by atoms with van der Waals surface area (Å²) < 4.78 is 18.5. The number of ether oxygens (including phenoxy) is 1. The molecule has 0 aliphatic carbocycles. The van der Waals surface area contributed by atoms with E-state index in [2.05, 4.69) is 9.97 Å². The molecule has 0 spiro atoms. The van der Waals surface area contributed by atoms with Gasteiger partial charge in [-0.15, -0.1) is 0 Å². The highest BCUT2D eigenvalue weighted by atomic mass is 35.5. The summed E-state index contributed by atoms with van der Waals surface area (Å²) in [7, 11) is 1.47. The predicted molar refractivity (Wildman–Crippen MR) is 66.0 cm³/mol. The molecule has 1 unspecified atom stereocenters. The fraction of sp³-hybridized carbons (Fsp3) is 0.167. The molecule has 2 aromatic rings. The molecule has 1 atom stereocenters. The van der Waals surface area contributed by atoms with Gasteiger partial charge in [-0.3, -0.25) is 4.98 Å². The minimum atomic E-state index is -0.625. The molecule has 18 heavy (non-hydrogen) atoms. The van der Waals surface area contributed by atoms with Crippen molar-refractivity contribution < 1.29 is 9.13 Å². The van der Waals surface area contributed by atoms with Crippen molar-refractivity contribution in [1.29, 1.82) is 0 Å². The Balaban J connectivity index is 2.41. The molecule has 4 nitrogen and oxygen atoms in total.